The van der Waals surface area contributed by atoms with Crippen LogP contribution in [0.1, 0.15) is 57.6 Å². The van der Waals surface area contributed by atoms with Crippen molar-refractivity contribution in [3.63, 3.8) is 0 Å². The molecule has 2 N–H and O–H groups in total. The average Bonchev–Trinajstić information content (AvgIpc) is 2.82. The molecule has 1 aromatic carbocycles. The first-order chi connectivity index (χ1) is 16.5. The average molecular weight is 471 g/mol. The lowest BCUT2D eigenvalue weighted by Gasteiger charge is -2.43. The number of nitrogens with zero attached hydrogens (tertiary/aromatic N) is 5. The highest BCUT2D eigenvalue weighted by Gasteiger charge is 2.30. The van der Waals surface area contributed by atoms with E-state index in [1.807, 2.05) is 25.8 Å². The molecule has 0 atom stereocenters. The number of nitrogens with two attached hydrogens (primary N) is 1. The van der Waals surface area contributed by atoms with Gasteiger partial charge in [-0.2, -0.15) is 5.10 Å². The van der Waals surface area contributed by atoms with Crippen molar-refractivity contribution in [3.8, 4) is 0 Å². The van der Waals surface area contributed by atoms with Crippen LogP contribution >= 0.6 is 0 Å². The first-order valence-electron chi connectivity index (χ1n) is 13.0. The lowest BCUT2D eigenvalue weighted by atomic mass is 9.91. The molecule has 2 aliphatic heterocycles. The van der Waals surface area contributed by atoms with Crippen LogP contribution in [-0.2, 0) is 22.6 Å². The second-order valence-corrected chi connectivity index (χ2v) is 9.10. The van der Waals surface area contributed by atoms with Crippen LogP contribution in [0.5, 0.6) is 0 Å². The fraction of sp³-hybridized carbons (Fsp3) is 0.654. The molecule has 0 aromatic heterocycles. The van der Waals surface area contributed by atoms with E-state index in [9.17, 15) is 9.59 Å². The van der Waals surface area contributed by atoms with Gasteiger partial charge in [0.2, 0.25) is 11.8 Å². The number of anilines is 1. The van der Waals surface area contributed by atoms with Crippen LogP contribution in [0.4, 0.5) is 5.69 Å². The maximum Gasteiger partial charge on any atom is 0.236 e. The smallest absolute Gasteiger partial charge is 0.236 e. The molecule has 2 amide bonds. The van der Waals surface area contributed by atoms with E-state index in [-0.39, 0.29) is 18.2 Å². The van der Waals surface area contributed by atoms with E-state index in [2.05, 4.69) is 38.0 Å². The largest absolute Gasteiger partial charge is 0.369 e. The summed E-state index contributed by atoms with van der Waals surface area (Å²) in [6.07, 6.45) is 6.65. The topological polar surface area (TPSA) is 85.5 Å². The third-order valence-corrected chi connectivity index (χ3v) is 7.01. The molecule has 1 aliphatic carbocycles. The van der Waals surface area contributed by atoms with Crippen molar-refractivity contribution in [2.75, 3.05) is 50.8 Å². The van der Waals surface area contributed by atoms with E-state index in [4.69, 9.17) is 5.73 Å². The zero-order chi connectivity index (χ0) is 24.5. The predicted octanol–water partition coefficient (Wildman–Crippen LogP) is 2.46. The summed E-state index contributed by atoms with van der Waals surface area (Å²) < 4.78 is 0. The fourth-order valence-electron chi connectivity index (χ4n) is 4.83. The van der Waals surface area contributed by atoms with Crippen LogP contribution in [0.15, 0.2) is 23.3 Å². The van der Waals surface area contributed by atoms with Crippen LogP contribution in [0, 0.1) is 0 Å². The number of benzene rings is 1. The highest BCUT2D eigenvalue weighted by Crippen LogP contribution is 2.27. The molecule has 8 heteroatoms. The van der Waals surface area contributed by atoms with E-state index >= 15 is 0 Å². The molecule has 1 saturated carbocycles. The van der Waals surface area contributed by atoms with Crippen molar-refractivity contribution in [2.45, 2.75) is 65.5 Å². The van der Waals surface area contributed by atoms with Gasteiger partial charge in [-0.15, -0.1) is 0 Å². The maximum atomic E-state index is 12.9. The summed E-state index contributed by atoms with van der Waals surface area (Å²) in [6, 6.07) is 7.16. The molecule has 1 saturated heterocycles. The summed E-state index contributed by atoms with van der Waals surface area (Å²) in [6.45, 7) is 12.7. The minimum atomic E-state index is -0.384. The van der Waals surface area contributed by atoms with Gasteiger partial charge in [-0.1, -0.05) is 26.3 Å². The third kappa shape index (κ3) is 6.79. The fourth-order valence-corrected chi connectivity index (χ4v) is 4.83. The van der Waals surface area contributed by atoms with E-state index in [1.54, 1.807) is 6.21 Å². The van der Waals surface area contributed by atoms with Gasteiger partial charge < -0.3 is 10.6 Å². The predicted molar refractivity (Wildman–Crippen MR) is 138 cm³/mol. The quantitative estimate of drug-likeness (QED) is 0.466. The number of piperazine rings is 1. The number of carbonyl (C=O) groups is 2. The summed E-state index contributed by atoms with van der Waals surface area (Å²) in [5.74, 6) is -0.121. The van der Waals surface area contributed by atoms with Gasteiger partial charge in [0.05, 0.1) is 18.7 Å². The van der Waals surface area contributed by atoms with Crippen molar-refractivity contribution >= 4 is 23.7 Å². The third-order valence-electron chi connectivity index (χ3n) is 7.01. The van der Waals surface area contributed by atoms with E-state index in [0.29, 0.717) is 13.1 Å². The van der Waals surface area contributed by atoms with Gasteiger partial charge in [0.1, 0.15) is 0 Å². The van der Waals surface area contributed by atoms with Crippen LogP contribution in [0.3, 0.4) is 0 Å². The molecular formula is C26H42N6O2. The van der Waals surface area contributed by atoms with Gasteiger partial charge in [-0.3, -0.25) is 24.4 Å². The van der Waals surface area contributed by atoms with Gasteiger partial charge in [0, 0.05) is 58.1 Å². The first kappa shape index (κ1) is 26.2. The van der Waals surface area contributed by atoms with Crippen molar-refractivity contribution in [1.29, 1.82) is 0 Å². The Balaban J connectivity index is 0.00000158. The molecule has 0 spiro atoms. The lowest BCUT2D eigenvalue weighted by Crippen LogP contribution is -2.55. The van der Waals surface area contributed by atoms with Crippen LogP contribution in [-0.4, -0.2) is 84.6 Å². The zero-order valence-electron chi connectivity index (χ0n) is 21.2. The Hall–Kier alpha value is -2.45. The molecule has 0 unspecified atom stereocenters. The lowest BCUT2D eigenvalue weighted by molar-refractivity contribution is -0.135. The van der Waals surface area contributed by atoms with Gasteiger partial charge in [0.25, 0.3) is 0 Å². The minimum Gasteiger partial charge on any atom is -0.369 e. The summed E-state index contributed by atoms with van der Waals surface area (Å²) in [5.41, 5.74) is 8.79. The number of fused-ring (bicyclic) bond motifs is 1. The normalized spacial score (nSPS) is 19.2. The standard InChI is InChI=1S/C24H36N6O2.C2H6/c1-2-30(26-10-8-23(25)31)22-7-6-20-17-27(11-9-19(20)16-22)18-24(32)29-14-12-28(13-15-29)21-4-3-5-21;1-2/h6-7,10,16,21H,2-5,8-9,11-15,17-18H2,1H3,(H2,25,31);1-2H3/b26-10-;. The Morgan fingerprint density at radius 3 is 2.47 bits per heavy atom. The van der Waals surface area contributed by atoms with Crippen molar-refractivity contribution in [2.24, 2.45) is 10.8 Å². The second-order valence-electron chi connectivity index (χ2n) is 9.10. The van der Waals surface area contributed by atoms with Crippen molar-refractivity contribution in [1.82, 2.24) is 14.7 Å². The molecule has 0 bridgehead atoms. The molecule has 2 heterocycles. The number of carbonyl (C=O) groups excluding carboxylic acids is 2. The Kier molecular flexibility index (Phi) is 9.89. The van der Waals surface area contributed by atoms with Gasteiger partial charge in [-0.25, -0.2) is 0 Å². The minimum absolute atomic E-state index is 0.139. The molecule has 188 valence electrons. The number of hydrazone groups is 1. The molecule has 1 aromatic rings. The monoisotopic (exact) mass is 470 g/mol. The summed E-state index contributed by atoms with van der Waals surface area (Å²) in [7, 11) is 0. The van der Waals surface area contributed by atoms with Crippen LogP contribution in [0.25, 0.3) is 0 Å². The number of primary amides is 1. The number of rotatable bonds is 8. The summed E-state index contributed by atoms with van der Waals surface area (Å²) in [4.78, 5) is 30.7. The van der Waals surface area contributed by atoms with Gasteiger partial charge in [-0.05, 0) is 49.4 Å². The molecular weight excluding hydrogens is 428 g/mol. The Bertz CT molecular complexity index is 846. The first-order valence-corrected chi connectivity index (χ1v) is 13.0. The summed E-state index contributed by atoms with van der Waals surface area (Å²) in [5, 5.41) is 6.25. The maximum absolute atomic E-state index is 12.9. The molecule has 34 heavy (non-hydrogen) atoms. The van der Waals surface area contributed by atoms with Crippen LogP contribution < -0.4 is 10.7 Å². The number of hydrogen-bond acceptors (Lipinski definition) is 6. The van der Waals surface area contributed by atoms with Gasteiger partial charge in [0.15, 0.2) is 0 Å². The SMILES string of the molecule is CC.CCN(/N=C\CC(N)=O)c1ccc2c(c1)CCN(CC(=O)N1CCN(C3CCC3)CC1)C2. The highest BCUT2D eigenvalue weighted by atomic mass is 16.2. The Morgan fingerprint density at radius 2 is 1.85 bits per heavy atom. The Labute approximate surface area is 204 Å². The Morgan fingerprint density at radius 1 is 1.12 bits per heavy atom. The van der Waals surface area contributed by atoms with Crippen molar-refractivity contribution in [3.05, 3.63) is 29.3 Å². The molecule has 8 nitrogen and oxygen atoms in total. The van der Waals surface area contributed by atoms with Gasteiger partial charge >= 0.3 is 0 Å². The van der Waals surface area contributed by atoms with E-state index < -0.39 is 0 Å². The number of amides is 2. The molecule has 4 rings (SSSR count). The number of hydrogen-bond donors (Lipinski definition) is 1. The van der Waals surface area contributed by atoms with E-state index in [0.717, 1.165) is 57.4 Å². The summed E-state index contributed by atoms with van der Waals surface area (Å²) >= 11 is 0. The zero-order valence-corrected chi connectivity index (χ0v) is 21.2. The molecule has 3 aliphatic rings. The van der Waals surface area contributed by atoms with Crippen LogP contribution in [0.2, 0.25) is 0 Å². The van der Waals surface area contributed by atoms with E-state index in [1.165, 1.54) is 30.4 Å². The molecule has 0 radical (unpaired) electrons. The van der Waals surface area contributed by atoms with Crippen molar-refractivity contribution < 1.29 is 9.59 Å². The second kappa shape index (κ2) is 12.9. The highest BCUT2D eigenvalue weighted by molar-refractivity contribution is 5.88. The molecule has 2 fully saturated rings.